The van der Waals surface area contributed by atoms with E-state index in [0.29, 0.717) is 26.5 Å². The molecule has 0 aliphatic rings. The van der Waals surface area contributed by atoms with E-state index in [1.54, 1.807) is 41.1 Å². The third-order valence-electron chi connectivity index (χ3n) is 4.11. The highest BCUT2D eigenvalue weighted by Gasteiger charge is 2.13. The van der Waals surface area contributed by atoms with E-state index in [9.17, 15) is 13.6 Å². The highest BCUT2D eigenvalue weighted by atomic mass is 35.5. The van der Waals surface area contributed by atoms with Crippen LogP contribution >= 0.6 is 35.6 Å². The van der Waals surface area contributed by atoms with Crippen LogP contribution in [0.25, 0.3) is 16.9 Å². The van der Waals surface area contributed by atoms with Crippen LogP contribution in [0.1, 0.15) is 5.69 Å². The van der Waals surface area contributed by atoms with Gasteiger partial charge in [0, 0.05) is 30.0 Å². The zero-order valence-corrected chi connectivity index (χ0v) is 19.8. The molecule has 0 unspecified atom stereocenters. The van der Waals surface area contributed by atoms with Gasteiger partial charge in [-0.3, -0.25) is 5.21 Å². The van der Waals surface area contributed by atoms with Crippen LogP contribution in [0.5, 0.6) is 0 Å². The Labute approximate surface area is 195 Å². The van der Waals surface area contributed by atoms with Crippen molar-refractivity contribution in [3.63, 3.8) is 0 Å². The molecule has 0 saturated heterocycles. The first kappa shape index (κ1) is 23.3. The lowest BCUT2D eigenvalue weighted by Crippen LogP contribution is -2.17. The normalized spacial score (nSPS) is 11.0. The van der Waals surface area contributed by atoms with Gasteiger partial charge in [0.25, 0.3) is 0 Å². The van der Waals surface area contributed by atoms with Gasteiger partial charge in [0.05, 0.1) is 22.0 Å². The largest absolute Gasteiger partial charge is 0.287 e. The molecular weight excluding hydrogens is 474 g/mol. The maximum atomic E-state index is 11.8. The summed E-state index contributed by atoms with van der Waals surface area (Å²) in [6.45, 7) is 0. The second kappa shape index (κ2) is 9.85. The third-order valence-corrected chi connectivity index (χ3v) is 6.91. The minimum absolute atomic E-state index is 0.235. The van der Waals surface area contributed by atoms with Crippen LogP contribution in [0.15, 0.2) is 59.5 Å². The van der Waals surface area contributed by atoms with Crippen molar-refractivity contribution in [1.29, 1.82) is 0 Å². The van der Waals surface area contributed by atoms with Crippen LogP contribution in [0.2, 0.25) is 5.02 Å². The Morgan fingerprint density at radius 3 is 2.45 bits per heavy atom. The van der Waals surface area contributed by atoms with Gasteiger partial charge in [-0.2, -0.15) is 5.10 Å². The summed E-state index contributed by atoms with van der Waals surface area (Å²) in [7, 11) is -1.84. The SMILES string of the molecule is CN(O)C(=S)SCC#Cc1cc(-c2ccc(Cl)cc2)n(-c2ccc(S(C)(=O)=O)cc2)n1. The summed E-state index contributed by atoms with van der Waals surface area (Å²) < 4.78 is 25.6. The zero-order chi connectivity index (χ0) is 22.6. The molecule has 0 aliphatic heterocycles. The first-order valence-corrected chi connectivity index (χ1v) is 12.6. The fraction of sp³-hybridized carbons (Fsp3) is 0.143. The molecule has 160 valence electrons. The maximum absolute atomic E-state index is 11.8. The maximum Gasteiger partial charge on any atom is 0.175 e. The number of sulfone groups is 1. The molecule has 1 N–H and O–H groups in total. The van der Waals surface area contributed by atoms with Crippen LogP contribution < -0.4 is 0 Å². The summed E-state index contributed by atoms with van der Waals surface area (Å²) in [5.41, 5.74) is 2.91. The first-order chi connectivity index (χ1) is 14.6. The zero-order valence-electron chi connectivity index (χ0n) is 16.6. The first-order valence-electron chi connectivity index (χ1n) is 8.90. The van der Waals surface area contributed by atoms with E-state index in [0.717, 1.165) is 16.3 Å². The van der Waals surface area contributed by atoms with Crippen LogP contribution in [0, 0.1) is 11.8 Å². The molecule has 2 aromatic carbocycles. The Morgan fingerprint density at radius 1 is 1.23 bits per heavy atom. The van der Waals surface area contributed by atoms with Gasteiger partial charge in [-0.05, 0) is 42.3 Å². The van der Waals surface area contributed by atoms with Crippen molar-refractivity contribution in [3.8, 4) is 28.8 Å². The van der Waals surface area contributed by atoms with Crippen molar-refractivity contribution in [2.24, 2.45) is 0 Å². The molecule has 6 nitrogen and oxygen atoms in total. The number of thioether (sulfide) groups is 1. The minimum atomic E-state index is -3.29. The van der Waals surface area contributed by atoms with Crippen molar-refractivity contribution in [2.45, 2.75) is 4.90 Å². The fourth-order valence-electron chi connectivity index (χ4n) is 2.62. The van der Waals surface area contributed by atoms with Crippen molar-refractivity contribution in [3.05, 3.63) is 65.3 Å². The average Bonchev–Trinajstić information content (AvgIpc) is 3.15. The number of thiocarbonyl (C=S) groups is 1. The summed E-state index contributed by atoms with van der Waals surface area (Å²) in [5, 5.41) is 15.4. The standard InChI is InChI=1S/C21H18ClN3O3S3/c1-24(26)21(29)30-13-3-4-17-14-20(15-5-7-16(22)8-6-15)25(23-17)18-9-11-19(12-10-18)31(2,27)28/h5-12,14,26H,13H2,1-2H3. The predicted molar refractivity (Wildman–Crippen MR) is 129 cm³/mol. The molecular formula is C21H18ClN3O3S3. The topological polar surface area (TPSA) is 75.4 Å². The number of benzene rings is 2. The Morgan fingerprint density at radius 2 is 1.87 bits per heavy atom. The molecule has 3 rings (SSSR count). The average molecular weight is 492 g/mol. The lowest BCUT2D eigenvalue weighted by atomic mass is 10.1. The molecule has 0 saturated carbocycles. The smallest absolute Gasteiger partial charge is 0.175 e. The monoisotopic (exact) mass is 491 g/mol. The molecule has 0 spiro atoms. The highest BCUT2D eigenvalue weighted by Crippen LogP contribution is 2.26. The molecule has 0 fully saturated rings. The lowest BCUT2D eigenvalue weighted by Gasteiger charge is -2.08. The third kappa shape index (κ3) is 6.09. The second-order valence-electron chi connectivity index (χ2n) is 6.48. The van der Waals surface area contributed by atoms with Gasteiger partial charge < -0.3 is 0 Å². The number of halogens is 1. The number of hydrogen-bond donors (Lipinski definition) is 1. The number of hydrogen-bond acceptors (Lipinski definition) is 6. The van der Waals surface area contributed by atoms with Crippen LogP contribution in [-0.4, -0.2) is 51.8 Å². The summed E-state index contributed by atoms with van der Waals surface area (Å²) in [5.74, 6) is 6.38. The summed E-state index contributed by atoms with van der Waals surface area (Å²) in [6.07, 6.45) is 1.17. The van der Waals surface area contributed by atoms with Crippen molar-refractivity contribution in [2.75, 3.05) is 19.1 Å². The summed E-state index contributed by atoms with van der Waals surface area (Å²) in [4.78, 5) is 0.235. The molecule has 1 heterocycles. The molecule has 0 bridgehead atoms. The van der Waals surface area contributed by atoms with Crippen LogP contribution in [0.3, 0.4) is 0 Å². The Bertz CT molecular complexity index is 1260. The number of rotatable bonds is 4. The van der Waals surface area contributed by atoms with Gasteiger partial charge in [-0.15, -0.1) is 0 Å². The van der Waals surface area contributed by atoms with Gasteiger partial charge in [0.15, 0.2) is 14.2 Å². The van der Waals surface area contributed by atoms with Crippen LogP contribution in [0.4, 0.5) is 0 Å². The van der Waals surface area contributed by atoms with E-state index in [1.807, 2.05) is 18.2 Å². The molecule has 10 heteroatoms. The van der Waals surface area contributed by atoms with Gasteiger partial charge in [0.1, 0.15) is 5.69 Å². The number of aromatic nitrogens is 2. The van der Waals surface area contributed by atoms with E-state index in [2.05, 4.69) is 16.9 Å². The van der Waals surface area contributed by atoms with E-state index in [1.165, 1.54) is 25.1 Å². The molecule has 0 radical (unpaired) electrons. The highest BCUT2D eigenvalue weighted by molar-refractivity contribution is 8.23. The Hall–Kier alpha value is -2.35. The predicted octanol–water partition coefficient (Wildman–Crippen LogP) is 4.29. The van der Waals surface area contributed by atoms with E-state index in [-0.39, 0.29) is 4.90 Å². The molecule has 0 atom stereocenters. The van der Waals surface area contributed by atoms with E-state index >= 15 is 0 Å². The molecule has 3 aromatic rings. The fourth-order valence-corrected chi connectivity index (χ4v) is 4.01. The second-order valence-corrected chi connectivity index (χ2v) is 10.5. The van der Waals surface area contributed by atoms with Gasteiger partial charge in [0.2, 0.25) is 0 Å². The lowest BCUT2D eigenvalue weighted by molar-refractivity contribution is 0.0205. The molecule has 0 aliphatic carbocycles. The Balaban J connectivity index is 1.97. The summed E-state index contributed by atoms with van der Waals surface area (Å²) >= 11 is 12.3. The number of nitrogens with zero attached hydrogens (tertiary/aromatic N) is 3. The summed E-state index contributed by atoms with van der Waals surface area (Å²) in [6, 6.07) is 15.7. The quantitative estimate of drug-likeness (QED) is 0.331. The molecule has 31 heavy (non-hydrogen) atoms. The molecule has 0 amide bonds. The van der Waals surface area contributed by atoms with Crippen molar-refractivity contribution >= 4 is 49.7 Å². The van der Waals surface area contributed by atoms with E-state index in [4.69, 9.17) is 23.8 Å². The number of hydroxylamine groups is 2. The van der Waals surface area contributed by atoms with Crippen molar-refractivity contribution < 1.29 is 13.6 Å². The van der Waals surface area contributed by atoms with Gasteiger partial charge in [-0.1, -0.05) is 53.6 Å². The minimum Gasteiger partial charge on any atom is -0.287 e. The molecule has 1 aromatic heterocycles. The van der Waals surface area contributed by atoms with Gasteiger partial charge >= 0.3 is 0 Å². The van der Waals surface area contributed by atoms with Crippen LogP contribution in [-0.2, 0) is 9.84 Å². The van der Waals surface area contributed by atoms with E-state index < -0.39 is 9.84 Å². The van der Waals surface area contributed by atoms with Gasteiger partial charge in [-0.25, -0.2) is 18.2 Å². The Kier molecular flexibility index (Phi) is 7.41. The van der Waals surface area contributed by atoms with Crippen molar-refractivity contribution in [1.82, 2.24) is 14.8 Å².